The van der Waals surface area contributed by atoms with Gasteiger partial charge in [-0.2, -0.15) is 0 Å². The first-order chi connectivity index (χ1) is 20.5. The van der Waals surface area contributed by atoms with E-state index in [-0.39, 0.29) is 30.8 Å². The van der Waals surface area contributed by atoms with Crippen LogP contribution in [0.1, 0.15) is 54.5 Å². The largest absolute Gasteiger partial charge is 0.392 e. The highest BCUT2D eigenvalue weighted by atomic mass is 35.6. The highest BCUT2D eigenvalue weighted by molar-refractivity contribution is 6.76. The van der Waals surface area contributed by atoms with Crippen LogP contribution in [-0.4, -0.2) is 39.4 Å². The smallest absolute Gasteiger partial charge is 0.276 e. The third kappa shape index (κ3) is 7.52. The predicted molar refractivity (Wildman–Crippen MR) is 173 cm³/mol. The summed E-state index contributed by atoms with van der Waals surface area (Å²) < 4.78 is 11.1. The van der Waals surface area contributed by atoms with Gasteiger partial charge in [0.15, 0.2) is 6.29 Å². The number of aliphatic hydroxyl groups excluding tert-OH is 1. The quantitative estimate of drug-likeness (QED) is 0.190. The van der Waals surface area contributed by atoms with Gasteiger partial charge >= 0.3 is 0 Å². The molecule has 1 saturated heterocycles. The standard InChI is InChI=1S/C34H35Cl3N2O4/c1-21-30(19-39(3)22(2)27-13-12-24-6-4-5-7-28(24)18-27)42-32(43-31(21)25-10-8-23(20-40)9-11-25)26-14-16-29(17-15-26)38-33(41)34(35,36)37/h4-18,21-22,30-32,40H,19-20H2,1-3H3,(H,38,41)/t21-,22+,30+,31+,32+/m0/s1. The van der Waals surface area contributed by atoms with Crippen LogP contribution in [0, 0.1) is 5.92 Å². The van der Waals surface area contributed by atoms with Crippen molar-refractivity contribution in [3.8, 4) is 0 Å². The zero-order valence-electron chi connectivity index (χ0n) is 24.2. The van der Waals surface area contributed by atoms with E-state index in [0.29, 0.717) is 12.2 Å². The van der Waals surface area contributed by atoms with Crippen LogP contribution in [0.25, 0.3) is 10.8 Å². The Kier molecular flexibility index (Phi) is 9.99. The van der Waals surface area contributed by atoms with E-state index >= 15 is 0 Å². The van der Waals surface area contributed by atoms with Crippen LogP contribution in [0.2, 0.25) is 0 Å². The Morgan fingerprint density at radius 2 is 1.58 bits per heavy atom. The van der Waals surface area contributed by atoms with E-state index in [9.17, 15) is 9.90 Å². The maximum absolute atomic E-state index is 12.1. The predicted octanol–water partition coefficient (Wildman–Crippen LogP) is 8.13. The number of carbonyl (C=O) groups excluding carboxylic acids is 1. The summed E-state index contributed by atoms with van der Waals surface area (Å²) in [6.07, 6.45) is -1.05. The molecule has 43 heavy (non-hydrogen) atoms. The molecular formula is C34H35Cl3N2O4. The lowest BCUT2D eigenvalue weighted by molar-refractivity contribution is -0.276. The summed E-state index contributed by atoms with van der Waals surface area (Å²) in [7, 11) is 2.12. The zero-order valence-corrected chi connectivity index (χ0v) is 26.5. The molecule has 0 aliphatic carbocycles. The summed E-state index contributed by atoms with van der Waals surface area (Å²) in [5, 5.41) is 14.6. The average Bonchev–Trinajstić information content (AvgIpc) is 3.01. The molecule has 2 N–H and O–H groups in total. The number of likely N-dealkylation sites (N-methyl/N-ethyl adjacent to an activating group) is 1. The Labute approximate surface area is 267 Å². The number of anilines is 1. The molecule has 5 atom stereocenters. The number of rotatable bonds is 8. The maximum atomic E-state index is 12.1. The minimum Gasteiger partial charge on any atom is -0.392 e. The Hall–Kier alpha value is -2.68. The second-order valence-electron chi connectivity index (χ2n) is 11.1. The normalized spacial score (nSPS) is 21.6. The fourth-order valence-corrected chi connectivity index (χ4v) is 5.56. The molecule has 226 valence electrons. The second kappa shape index (κ2) is 13.5. The first kappa shape index (κ1) is 31.7. The van der Waals surface area contributed by atoms with Gasteiger partial charge < -0.3 is 19.9 Å². The van der Waals surface area contributed by atoms with E-state index in [2.05, 4.69) is 73.6 Å². The Bertz CT molecular complexity index is 1540. The highest BCUT2D eigenvalue weighted by Gasteiger charge is 2.39. The topological polar surface area (TPSA) is 71.0 Å². The number of hydrogen-bond acceptors (Lipinski definition) is 5. The third-order valence-corrected chi connectivity index (χ3v) is 8.72. The molecule has 1 heterocycles. The zero-order chi connectivity index (χ0) is 30.7. The summed E-state index contributed by atoms with van der Waals surface area (Å²) >= 11 is 17.1. The molecule has 0 radical (unpaired) electrons. The first-order valence-corrected chi connectivity index (χ1v) is 15.3. The number of nitrogens with zero attached hydrogens (tertiary/aromatic N) is 1. The van der Waals surface area contributed by atoms with E-state index in [1.807, 2.05) is 36.4 Å². The van der Waals surface area contributed by atoms with Crippen LogP contribution in [0.3, 0.4) is 0 Å². The number of amides is 1. The van der Waals surface area contributed by atoms with Gasteiger partial charge in [-0.1, -0.05) is 115 Å². The molecule has 0 unspecified atom stereocenters. The molecule has 0 aromatic heterocycles. The van der Waals surface area contributed by atoms with Crippen molar-refractivity contribution >= 4 is 57.2 Å². The molecule has 9 heteroatoms. The summed E-state index contributed by atoms with van der Waals surface area (Å²) in [5.41, 5.74) is 4.38. The number of aliphatic hydroxyl groups is 1. The number of alkyl halides is 3. The van der Waals surface area contributed by atoms with E-state index in [0.717, 1.165) is 16.7 Å². The van der Waals surface area contributed by atoms with Crippen molar-refractivity contribution in [1.82, 2.24) is 4.90 Å². The molecular weight excluding hydrogens is 607 g/mol. The minimum absolute atomic E-state index is 0.0195. The van der Waals surface area contributed by atoms with Gasteiger partial charge in [0.1, 0.15) is 0 Å². The van der Waals surface area contributed by atoms with E-state index in [4.69, 9.17) is 44.3 Å². The molecule has 1 aliphatic heterocycles. The van der Waals surface area contributed by atoms with Gasteiger partial charge in [-0.15, -0.1) is 0 Å². The monoisotopic (exact) mass is 640 g/mol. The number of fused-ring (bicyclic) bond motifs is 1. The van der Waals surface area contributed by atoms with Crippen molar-refractivity contribution in [2.24, 2.45) is 5.92 Å². The van der Waals surface area contributed by atoms with Gasteiger partial charge in [0.05, 0.1) is 18.8 Å². The van der Waals surface area contributed by atoms with Crippen molar-refractivity contribution in [1.29, 1.82) is 0 Å². The van der Waals surface area contributed by atoms with Crippen molar-refractivity contribution in [3.63, 3.8) is 0 Å². The molecule has 0 saturated carbocycles. The molecule has 4 aromatic rings. The summed E-state index contributed by atoms with van der Waals surface area (Å²) in [6.45, 7) is 5.02. The molecule has 1 aliphatic rings. The number of hydrogen-bond donors (Lipinski definition) is 2. The SMILES string of the molecule is C[C@H]1[C@@H](CN(C)[C@H](C)c2ccc3ccccc3c2)O[C@@H](c2ccc(NC(=O)C(Cl)(Cl)Cl)cc2)O[C@H]1c1ccc(CO)cc1. The Morgan fingerprint density at radius 1 is 0.930 bits per heavy atom. The Balaban J connectivity index is 1.38. The van der Waals surface area contributed by atoms with E-state index in [1.165, 1.54) is 16.3 Å². The molecule has 0 bridgehead atoms. The third-order valence-electron chi connectivity index (χ3n) is 8.21. The fourth-order valence-electron chi connectivity index (χ4n) is 5.42. The van der Waals surface area contributed by atoms with Crippen molar-refractivity contribution in [3.05, 3.63) is 113 Å². The molecule has 4 aromatic carbocycles. The number of benzene rings is 4. The number of halogens is 3. The van der Waals surface area contributed by atoms with Gasteiger partial charge in [-0.3, -0.25) is 9.69 Å². The van der Waals surface area contributed by atoms with Crippen LogP contribution < -0.4 is 5.32 Å². The van der Waals surface area contributed by atoms with Gasteiger partial charge in [-0.05, 0) is 59.6 Å². The molecule has 5 rings (SSSR count). The van der Waals surface area contributed by atoms with Crippen molar-refractivity contribution in [2.75, 3.05) is 18.9 Å². The van der Waals surface area contributed by atoms with Crippen LogP contribution >= 0.6 is 34.8 Å². The van der Waals surface area contributed by atoms with Gasteiger partial charge in [0.2, 0.25) is 0 Å². The van der Waals surface area contributed by atoms with E-state index in [1.54, 1.807) is 12.1 Å². The number of carbonyl (C=O) groups is 1. The van der Waals surface area contributed by atoms with Gasteiger partial charge in [0.25, 0.3) is 9.70 Å². The first-order valence-electron chi connectivity index (χ1n) is 14.2. The van der Waals surface area contributed by atoms with Crippen LogP contribution in [0.15, 0.2) is 91.0 Å². The summed E-state index contributed by atoms with van der Waals surface area (Å²) in [5.74, 6) is -0.704. The number of ether oxygens (including phenoxy) is 2. The minimum atomic E-state index is -2.06. The maximum Gasteiger partial charge on any atom is 0.276 e. The fraction of sp³-hybridized carbons (Fsp3) is 0.324. The molecule has 1 fully saturated rings. The van der Waals surface area contributed by atoms with Crippen LogP contribution in [0.4, 0.5) is 5.69 Å². The number of nitrogens with one attached hydrogen (secondary N) is 1. The lowest BCUT2D eigenvalue weighted by Gasteiger charge is -2.43. The van der Waals surface area contributed by atoms with Gasteiger partial charge in [-0.25, -0.2) is 0 Å². The second-order valence-corrected chi connectivity index (χ2v) is 13.4. The van der Waals surface area contributed by atoms with Crippen LogP contribution in [-0.2, 0) is 20.9 Å². The summed E-state index contributed by atoms with van der Waals surface area (Å²) in [6, 6.07) is 30.1. The van der Waals surface area contributed by atoms with Crippen molar-refractivity contribution in [2.45, 2.75) is 48.8 Å². The van der Waals surface area contributed by atoms with Crippen LogP contribution in [0.5, 0.6) is 0 Å². The Morgan fingerprint density at radius 3 is 2.23 bits per heavy atom. The van der Waals surface area contributed by atoms with Gasteiger partial charge in [0, 0.05) is 29.8 Å². The molecule has 0 spiro atoms. The summed E-state index contributed by atoms with van der Waals surface area (Å²) in [4.78, 5) is 14.4. The lowest BCUT2D eigenvalue weighted by atomic mass is 9.89. The molecule has 1 amide bonds. The lowest BCUT2D eigenvalue weighted by Crippen LogP contribution is -2.44. The van der Waals surface area contributed by atoms with Crippen molar-refractivity contribution < 1.29 is 19.4 Å². The highest BCUT2D eigenvalue weighted by Crippen LogP contribution is 2.42. The van der Waals surface area contributed by atoms with E-state index < -0.39 is 16.0 Å². The average molecular weight is 642 g/mol. The molecule has 6 nitrogen and oxygen atoms in total.